The average molecular weight is 256 g/mol. The molecule has 1 atom stereocenters. The third-order valence-corrected chi connectivity index (χ3v) is 2.95. The predicted molar refractivity (Wildman–Crippen MR) is 67.2 cm³/mol. The Balaban J connectivity index is 1.77. The molecular weight excluding hydrogens is 244 g/mol. The lowest BCUT2D eigenvalue weighted by molar-refractivity contribution is -0.120. The number of urea groups is 1. The Morgan fingerprint density at radius 1 is 1.21 bits per heavy atom. The number of benzene rings is 1. The van der Waals surface area contributed by atoms with Gasteiger partial charge < -0.3 is 5.32 Å². The molecule has 0 spiro atoms. The highest BCUT2D eigenvalue weighted by Gasteiger charge is 2.31. The highest BCUT2D eigenvalue weighted by molar-refractivity contribution is 6.04. The number of carbonyl (C=O) groups excluding carboxylic acids is 2. The third kappa shape index (κ3) is 2.33. The van der Waals surface area contributed by atoms with Gasteiger partial charge in [-0.15, -0.1) is 0 Å². The van der Waals surface area contributed by atoms with Crippen molar-refractivity contribution in [3.05, 3.63) is 53.9 Å². The van der Waals surface area contributed by atoms with E-state index in [2.05, 4.69) is 15.7 Å². The van der Waals surface area contributed by atoms with Crippen molar-refractivity contribution in [1.29, 1.82) is 0 Å². The Bertz CT molecular complexity index is 621. The molecule has 0 bridgehead atoms. The number of hydrogen-bond donors (Lipinski definition) is 2. The summed E-state index contributed by atoms with van der Waals surface area (Å²) in [5.74, 6) is -0.343. The van der Waals surface area contributed by atoms with Gasteiger partial charge in [-0.25, -0.2) is 4.79 Å². The van der Waals surface area contributed by atoms with Gasteiger partial charge in [0.25, 0.3) is 5.91 Å². The monoisotopic (exact) mass is 256 g/mol. The van der Waals surface area contributed by atoms with E-state index >= 15 is 0 Å². The fourth-order valence-corrected chi connectivity index (χ4v) is 2.04. The van der Waals surface area contributed by atoms with Crippen LogP contribution >= 0.6 is 0 Å². The number of hydrogen-bond acceptors (Lipinski definition) is 3. The average Bonchev–Trinajstić information content (AvgIpc) is 2.97. The molecule has 1 saturated heterocycles. The molecule has 3 rings (SSSR count). The van der Waals surface area contributed by atoms with Gasteiger partial charge in [-0.1, -0.05) is 30.3 Å². The molecule has 2 aromatic rings. The fourth-order valence-electron chi connectivity index (χ4n) is 2.04. The number of nitrogens with one attached hydrogen (secondary N) is 2. The Morgan fingerprint density at radius 2 is 2.00 bits per heavy atom. The van der Waals surface area contributed by atoms with Gasteiger partial charge in [-0.3, -0.25) is 14.8 Å². The van der Waals surface area contributed by atoms with Crippen molar-refractivity contribution >= 4 is 11.9 Å². The maximum Gasteiger partial charge on any atom is 0.322 e. The fraction of sp³-hybridized carbons (Fsp3) is 0.154. The van der Waals surface area contributed by atoms with Crippen LogP contribution in [0, 0.1) is 0 Å². The molecule has 0 radical (unpaired) electrons. The molecule has 1 aromatic heterocycles. The highest BCUT2D eigenvalue weighted by Crippen LogP contribution is 2.16. The van der Waals surface area contributed by atoms with Crippen molar-refractivity contribution in [1.82, 2.24) is 20.4 Å². The molecule has 19 heavy (non-hydrogen) atoms. The van der Waals surface area contributed by atoms with Crippen molar-refractivity contribution in [2.24, 2.45) is 0 Å². The maximum absolute atomic E-state index is 11.5. The van der Waals surface area contributed by atoms with E-state index in [1.807, 2.05) is 30.3 Å². The Labute approximate surface area is 109 Å². The zero-order chi connectivity index (χ0) is 13.2. The topological polar surface area (TPSA) is 76.0 Å². The first kappa shape index (κ1) is 11.5. The number of imide groups is 1. The van der Waals surface area contributed by atoms with Crippen LogP contribution in [-0.2, 0) is 11.3 Å². The molecule has 1 aliphatic heterocycles. The normalized spacial score (nSPS) is 18.2. The first-order valence-corrected chi connectivity index (χ1v) is 5.90. The Hall–Kier alpha value is -2.63. The molecule has 0 aliphatic carbocycles. The molecule has 3 amide bonds. The summed E-state index contributed by atoms with van der Waals surface area (Å²) in [7, 11) is 0. The molecule has 6 heteroatoms. The first-order chi connectivity index (χ1) is 9.22. The summed E-state index contributed by atoms with van der Waals surface area (Å²) in [6.07, 6.45) is 3.36. The van der Waals surface area contributed by atoms with Crippen LogP contribution in [0.4, 0.5) is 4.79 Å². The van der Waals surface area contributed by atoms with Crippen LogP contribution in [0.1, 0.15) is 17.2 Å². The third-order valence-electron chi connectivity index (χ3n) is 2.95. The summed E-state index contributed by atoms with van der Waals surface area (Å²) < 4.78 is 1.74. The largest absolute Gasteiger partial charge is 0.322 e. The van der Waals surface area contributed by atoms with Gasteiger partial charge in [0.05, 0.1) is 12.7 Å². The minimum Gasteiger partial charge on any atom is -0.322 e. The SMILES string of the molecule is O=C1NC(=O)C(c2cnn(Cc3ccccc3)c2)N1. The minimum absolute atomic E-state index is 0.343. The van der Waals surface area contributed by atoms with Gasteiger partial charge in [0.1, 0.15) is 6.04 Å². The van der Waals surface area contributed by atoms with E-state index in [0.29, 0.717) is 12.1 Å². The molecule has 1 fully saturated rings. The lowest BCUT2D eigenvalue weighted by Crippen LogP contribution is -2.22. The molecular formula is C13H12N4O2. The minimum atomic E-state index is -0.642. The molecule has 96 valence electrons. The lowest BCUT2D eigenvalue weighted by Gasteiger charge is -2.03. The second-order valence-corrected chi connectivity index (χ2v) is 4.35. The zero-order valence-electron chi connectivity index (χ0n) is 10.0. The van der Waals surface area contributed by atoms with Crippen molar-refractivity contribution in [2.45, 2.75) is 12.6 Å². The van der Waals surface area contributed by atoms with Crippen LogP contribution in [0.5, 0.6) is 0 Å². The standard InChI is InChI=1S/C13H12N4O2/c18-12-11(15-13(19)16-12)10-6-14-17(8-10)7-9-4-2-1-3-5-9/h1-6,8,11H,7H2,(H2,15,16,18,19). The van der Waals surface area contributed by atoms with E-state index in [0.717, 1.165) is 5.56 Å². The summed E-state index contributed by atoms with van der Waals surface area (Å²) in [6.45, 7) is 0.628. The highest BCUT2D eigenvalue weighted by atomic mass is 16.2. The molecule has 6 nitrogen and oxygen atoms in total. The smallest absolute Gasteiger partial charge is 0.322 e. The number of nitrogens with zero attached hydrogens (tertiary/aromatic N) is 2. The van der Waals surface area contributed by atoms with Crippen LogP contribution in [0.15, 0.2) is 42.7 Å². The summed E-state index contributed by atoms with van der Waals surface area (Å²) in [4.78, 5) is 22.6. The van der Waals surface area contributed by atoms with Crippen LogP contribution in [0.25, 0.3) is 0 Å². The van der Waals surface area contributed by atoms with Gasteiger partial charge in [0, 0.05) is 11.8 Å². The van der Waals surface area contributed by atoms with Crippen LogP contribution in [-0.4, -0.2) is 21.7 Å². The van der Waals surface area contributed by atoms with E-state index in [1.54, 1.807) is 17.1 Å². The second-order valence-electron chi connectivity index (χ2n) is 4.35. The van der Waals surface area contributed by atoms with E-state index < -0.39 is 12.1 Å². The van der Waals surface area contributed by atoms with Crippen molar-refractivity contribution < 1.29 is 9.59 Å². The molecule has 1 aromatic carbocycles. The Morgan fingerprint density at radius 3 is 2.68 bits per heavy atom. The predicted octanol–water partition coefficient (Wildman–Crippen LogP) is 0.812. The Kier molecular flexibility index (Phi) is 2.75. The van der Waals surface area contributed by atoms with E-state index in [-0.39, 0.29) is 5.91 Å². The number of carbonyl (C=O) groups is 2. The van der Waals surface area contributed by atoms with Crippen LogP contribution in [0.3, 0.4) is 0 Å². The van der Waals surface area contributed by atoms with Gasteiger partial charge in [-0.05, 0) is 5.56 Å². The van der Waals surface area contributed by atoms with E-state index in [1.165, 1.54) is 0 Å². The number of amides is 3. The van der Waals surface area contributed by atoms with Gasteiger partial charge in [0.15, 0.2) is 0 Å². The number of aromatic nitrogens is 2. The molecule has 1 unspecified atom stereocenters. The maximum atomic E-state index is 11.5. The second kappa shape index (κ2) is 4.56. The lowest BCUT2D eigenvalue weighted by atomic mass is 10.1. The van der Waals surface area contributed by atoms with E-state index in [4.69, 9.17) is 0 Å². The van der Waals surface area contributed by atoms with Crippen molar-refractivity contribution in [3.63, 3.8) is 0 Å². The summed E-state index contributed by atoms with van der Waals surface area (Å²) in [5, 5.41) is 8.94. The van der Waals surface area contributed by atoms with Gasteiger partial charge in [-0.2, -0.15) is 5.10 Å². The zero-order valence-corrected chi connectivity index (χ0v) is 10.0. The quantitative estimate of drug-likeness (QED) is 0.798. The van der Waals surface area contributed by atoms with Crippen molar-refractivity contribution in [2.75, 3.05) is 0 Å². The van der Waals surface area contributed by atoms with Crippen LogP contribution in [0.2, 0.25) is 0 Å². The molecule has 2 heterocycles. The summed E-state index contributed by atoms with van der Waals surface area (Å²) in [6, 6.07) is 8.78. The summed E-state index contributed by atoms with van der Waals surface area (Å²) in [5.41, 5.74) is 1.80. The van der Waals surface area contributed by atoms with Crippen molar-refractivity contribution in [3.8, 4) is 0 Å². The molecule has 0 saturated carbocycles. The number of rotatable bonds is 3. The molecule has 1 aliphatic rings. The van der Waals surface area contributed by atoms with Crippen LogP contribution < -0.4 is 10.6 Å². The summed E-state index contributed by atoms with van der Waals surface area (Å²) >= 11 is 0. The molecule has 2 N–H and O–H groups in total. The van der Waals surface area contributed by atoms with Gasteiger partial charge in [0.2, 0.25) is 0 Å². The van der Waals surface area contributed by atoms with Gasteiger partial charge >= 0.3 is 6.03 Å². The van der Waals surface area contributed by atoms with E-state index in [9.17, 15) is 9.59 Å². The first-order valence-electron chi connectivity index (χ1n) is 5.90.